The van der Waals surface area contributed by atoms with Gasteiger partial charge in [0.05, 0.1) is 23.4 Å². The number of ether oxygens (including phenoxy) is 1. The Morgan fingerprint density at radius 2 is 1.85 bits per heavy atom. The molecule has 0 spiro atoms. The molecule has 0 atom stereocenters. The SMILES string of the molecule is Cc1cc(-c2nc3c(Nc4cccc(SN)c4)c(Br)cnc3[nH]2)c(C)n1-c1cccc(SN2CCOCC2)c1. The topological polar surface area (TPSA) is 97.0 Å². The molecular formula is C28H28BrN7OS2. The number of imidazole rings is 1. The van der Waals surface area contributed by atoms with E-state index in [2.05, 4.69) is 84.3 Å². The van der Waals surface area contributed by atoms with E-state index in [1.807, 2.05) is 24.3 Å². The number of aromatic nitrogens is 4. The number of hydrogen-bond acceptors (Lipinski definition) is 8. The summed E-state index contributed by atoms with van der Waals surface area (Å²) in [6, 6.07) is 18.8. The smallest absolute Gasteiger partial charge is 0.159 e. The summed E-state index contributed by atoms with van der Waals surface area (Å²) in [5, 5.41) is 9.26. The highest BCUT2D eigenvalue weighted by atomic mass is 79.9. The average molecular weight is 623 g/mol. The number of fused-ring (bicyclic) bond motifs is 1. The number of anilines is 2. The second-order valence-corrected chi connectivity index (χ2v) is 12.0. The average Bonchev–Trinajstić information content (AvgIpc) is 3.51. The normalized spacial score (nSPS) is 14.3. The van der Waals surface area contributed by atoms with Gasteiger partial charge >= 0.3 is 0 Å². The summed E-state index contributed by atoms with van der Waals surface area (Å²) in [5.41, 5.74) is 7.68. The molecule has 1 saturated heterocycles. The maximum Gasteiger partial charge on any atom is 0.159 e. The number of aryl methyl sites for hydroxylation is 1. The number of pyridine rings is 1. The number of nitrogens with one attached hydrogen (secondary N) is 2. The highest BCUT2D eigenvalue weighted by Crippen LogP contribution is 2.36. The molecule has 1 aliphatic rings. The van der Waals surface area contributed by atoms with Crippen molar-refractivity contribution in [3.63, 3.8) is 0 Å². The minimum Gasteiger partial charge on any atom is -0.379 e. The van der Waals surface area contributed by atoms with Crippen molar-refractivity contribution in [2.75, 3.05) is 31.6 Å². The highest BCUT2D eigenvalue weighted by molar-refractivity contribution is 9.10. The lowest BCUT2D eigenvalue weighted by Gasteiger charge is -2.25. The number of nitrogens with zero attached hydrogens (tertiary/aromatic N) is 4. The Morgan fingerprint density at radius 1 is 1.05 bits per heavy atom. The number of aromatic amines is 1. The van der Waals surface area contributed by atoms with Gasteiger partial charge in [-0.1, -0.05) is 12.1 Å². The second-order valence-electron chi connectivity index (χ2n) is 9.28. The molecule has 8 nitrogen and oxygen atoms in total. The lowest BCUT2D eigenvalue weighted by Crippen LogP contribution is -2.30. The molecule has 0 aliphatic carbocycles. The summed E-state index contributed by atoms with van der Waals surface area (Å²) in [4.78, 5) is 15.2. The molecular weight excluding hydrogens is 594 g/mol. The fourth-order valence-corrected chi connectivity index (χ4v) is 6.52. The lowest BCUT2D eigenvalue weighted by molar-refractivity contribution is 0.0773. The third kappa shape index (κ3) is 5.47. The van der Waals surface area contributed by atoms with Crippen molar-refractivity contribution in [1.29, 1.82) is 0 Å². The van der Waals surface area contributed by atoms with Gasteiger partial charge in [-0.3, -0.25) is 5.14 Å². The number of benzene rings is 2. The fourth-order valence-electron chi connectivity index (χ4n) is 4.83. The van der Waals surface area contributed by atoms with E-state index in [0.29, 0.717) is 5.65 Å². The Balaban J connectivity index is 1.34. The van der Waals surface area contributed by atoms with Gasteiger partial charge in [-0.05, 0) is 96.1 Å². The van der Waals surface area contributed by atoms with E-state index in [9.17, 15) is 0 Å². The number of nitrogens with two attached hydrogens (primary N) is 1. The predicted octanol–water partition coefficient (Wildman–Crippen LogP) is 6.84. The van der Waals surface area contributed by atoms with Gasteiger partial charge in [0.1, 0.15) is 11.3 Å². The monoisotopic (exact) mass is 621 g/mol. The van der Waals surface area contributed by atoms with Gasteiger partial charge in [0, 0.05) is 57.4 Å². The van der Waals surface area contributed by atoms with Gasteiger partial charge < -0.3 is 19.6 Å². The van der Waals surface area contributed by atoms with E-state index >= 15 is 0 Å². The molecule has 5 aromatic rings. The van der Waals surface area contributed by atoms with Crippen molar-refractivity contribution in [3.05, 3.63) is 76.7 Å². The molecule has 3 aromatic heterocycles. The number of morpholine rings is 1. The summed E-state index contributed by atoms with van der Waals surface area (Å²) in [6.07, 6.45) is 1.79. The van der Waals surface area contributed by atoms with Crippen molar-refractivity contribution in [1.82, 2.24) is 23.8 Å². The van der Waals surface area contributed by atoms with E-state index in [4.69, 9.17) is 14.9 Å². The van der Waals surface area contributed by atoms with Crippen molar-refractivity contribution in [2.45, 2.75) is 23.6 Å². The Hall–Kier alpha value is -2.80. The predicted molar refractivity (Wildman–Crippen MR) is 164 cm³/mol. The lowest BCUT2D eigenvalue weighted by atomic mass is 10.2. The first-order valence-electron chi connectivity index (χ1n) is 12.6. The van der Waals surface area contributed by atoms with Crippen LogP contribution in [0.25, 0.3) is 28.2 Å². The fraction of sp³-hybridized carbons (Fsp3) is 0.214. The summed E-state index contributed by atoms with van der Waals surface area (Å²) >= 11 is 6.66. The first-order valence-corrected chi connectivity index (χ1v) is 15.0. The van der Waals surface area contributed by atoms with Crippen molar-refractivity contribution >= 4 is 62.4 Å². The Labute approximate surface area is 244 Å². The molecule has 6 rings (SSSR count). The van der Waals surface area contributed by atoms with Crippen LogP contribution in [-0.4, -0.2) is 50.1 Å². The number of halogens is 1. The molecule has 0 radical (unpaired) electrons. The van der Waals surface area contributed by atoms with Crippen LogP contribution >= 0.6 is 39.8 Å². The van der Waals surface area contributed by atoms with E-state index < -0.39 is 0 Å². The number of rotatable bonds is 7. The molecule has 200 valence electrons. The largest absolute Gasteiger partial charge is 0.379 e. The molecule has 39 heavy (non-hydrogen) atoms. The molecule has 1 aliphatic heterocycles. The molecule has 2 aromatic carbocycles. The molecule has 4 N–H and O–H groups in total. The summed E-state index contributed by atoms with van der Waals surface area (Å²) in [6.45, 7) is 7.70. The third-order valence-corrected chi connectivity index (χ3v) is 8.89. The molecule has 1 fully saturated rings. The summed E-state index contributed by atoms with van der Waals surface area (Å²) in [7, 11) is 0. The van der Waals surface area contributed by atoms with Gasteiger partial charge in [0.15, 0.2) is 5.65 Å². The minimum absolute atomic E-state index is 0.716. The van der Waals surface area contributed by atoms with Crippen LogP contribution < -0.4 is 10.5 Å². The van der Waals surface area contributed by atoms with Crippen molar-refractivity contribution in [3.8, 4) is 17.1 Å². The van der Waals surface area contributed by atoms with Crippen LogP contribution in [0.5, 0.6) is 0 Å². The maximum absolute atomic E-state index is 5.76. The van der Waals surface area contributed by atoms with E-state index in [1.165, 1.54) is 16.8 Å². The minimum atomic E-state index is 0.716. The van der Waals surface area contributed by atoms with Gasteiger partial charge in [0.2, 0.25) is 0 Å². The maximum atomic E-state index is 5.76. The Bertz CT molecular complexity index is 1640. The Morgan fingerprint density at radius 3 is 2.67 bits per heavy atom. The van der Waals surface area contributed by atoms with Crippen LogP contribution in [0.4, 0.5) is 11.4 Å². The molecule has 0 unspecified atom stereocenters. The molecule has 11 heteroatoms. The van der Waals surface area contributed by atoms with Gasteiger partial charge in [-0.15, -0.1) is 0 Å². The zero-order valence-electron chi connectivity index (χ0n) is 21.6. The number of H-pyrrole nitrogens is 1. The van der Waals surface area contributed by atoms with Crippen LogP contribution in [0.2, 0.25) is 0 Å². The molecule has 4 heterocycles. The van der Waals surface area contributed by atoms with Crippen LogP contribution in [0, 0.1) is 13.8 Å². The molecule has 0 saturated carbocycles. The molecule has 0 bridgehead atoms. The highest BCUT2D eigenvalue weighted by Gasteiger charge is 2.19. The van der Waals surface area contributed by atoms with E-state index in [0.717, 1.165) is 81.0 Å². The zero-order chi connectivity index (χ0) is 26.9. The summed E-state index contributed by atoms with van der Waals surface area (Å²) in [5.74, 6) is 0.781. The third-order valence-electron chi connectivity index (χ3n) is 6.67. The Kier molecular flexibility index (Phi) is 7.70. The van der Waals surface area contributed by atoms with Gasteiger partial charge in [-0.2, -0.15) is 0 Å². The van der Waals surface area contributed by atoms with Crippen molar-refractivity contribution in [2.24, 2.45) is 5.14 Å². The van der Waals surface area contributed by atoms with Crippen LogP contribution in [0.1, 0.15) is 11.4 Å². The quantitative estimate of drug-likeness (QED) is 0.170. The standard InChI is InChI=1S/C28H28BrN7OS2/c1-17-13-23(18(2)36(17)20-6-4-8-22(15-20)39-35-9-11-37-12-10-35)27-33-26-25(24(29)16-31-28(26)34-27)32-19-5-3-7-21(14-19)38-30/h3-8,13-16H,9-12,30H2,1-2H3,(H2,31,32,33,34). The van der Waals surface area contributed by atoms with E-state index in [1.54, 1.807) is 18.1 Å². The second kappa shape index (κ2) is 11.4. The van der Waals surface area contributed by atoms with E-state index in [-0.39, 0.29) is 0 Å². The van der Waals surface area contributed by atoms with Crippen LogP contribution in [0.15, 0.2) is 75.1 Å². The number of hydrogen-bond donors (Lipinski definition) is 3. The van der Waals surface area contributed by atoms with Gasteiger partial charge in [-0.25, -0.2) is 14.3 Å². The van der Waals surface area contributed by atoms with Crippen molar-refractivity contribution < 1.29 is 4.74 Å². The first kappa shape index (κ1) is 26.4. The first-order chi connectivity index (χ1) is 19.0. The zero-order valence-corrected chi connectivity index (χ0v) is 24.8. The summed E-state index contributed by atoms with van der Waals surface area (Å²) < 4.78 is 11.0. The van der Waals surface area contributed by atoms with Crippen LogP contribution in [-0.2, 0) is 4.74 Å². The molecule has 0 amide bonds. The van der Waals surface area contributed by atoms with Gasteiger partial charge in [0.25, 0.3) is 0 Å². The van der Waals surface area contributed by atoms with Crippen LogP contribution in [0.3, 0.4) is 0 Å².